The van der Waals surface area contributed by atoms with E-state index in [-0.39, 0.29) is 12.2 Å². The molecule has 0 bridgehead atoms. The van der Waals surface area contributed by atoms with Crippen molar-refractivity contribution in [3.63, 3.8) is 0 Å². The molecule has 1 heterocycles. The van der Waals surface area contributed by atoms with Crippen LogP contribution in [0.3, 0.4) is 0 Å². The van der Waals surface area contributed by atoms with E-state index in [1.165, 1.54) is 23.1 Å². The molecular formula is C21H23N2O4PS3. The van der Waals surface area contributed by atoms with Crippen LogP contribution >= 0.6 is 31.5 Å². The molecular weight excluding hydrogens is 471 g/mol. The molecule has 0 radical (unpaired) electrons. The standard InChI is InChI=1S/C21H23N2O4PS3/c1-12-7-15(27-11-28(24)25)8-13(2)19(12)14-5-4-6-16(9-14)31(26)18-10-17(20(22)23)30-21(18)29-3/h4-10,24-25H,11H2,1-3H3,(H3,22,23). The van der Waals surface area contributed by atoms with E-state index in [0.29, 0.717) is 20.4 Å². The Morgan fingerprint density at radius 2 is 1.90 bits per heavy atom. The van der Waals surface area contributed by atoms with Crippen molar-refractivity contribution in [3.8, 4) is 16.9 Å². The molecule has 1 aromatic heterocycles. The molecule has 0 saturated carbocycles. The van der Waals surface area contributed by atoms with E-state index in [4.69, 9.17) is 25.7 Å². The minimum Gasteiger partial charge on any atom is -0.484 e. The van der Waals surface area contributed by atoms with Crippen LogP contribution in [0, 0.1) is 19.3 Å². The summed E-state index contributed by atoms with van der Waals surface area (Å²) in [4.78, 5) is 20.1. The van der Waals surface area contributed by atoms with Crippen molar-refractivity contribution in [3.05, 3.63) is 58.5 Å². The summed E-state index contributed by atoms with van der Waals surface area (Å²) in [5.41, 5.74) is 9.51. The van der Waals surface area contributed by atoms with E-state index in [9.17, 15) is 4.21 Å². The predicted octanol–water partition coefficient (Wildman–Crippen LogP) is 4.84. The van der Waals surface area contributed by atoms with Crippen LogP contribution in [0.15, 0.2) is 56.5 Å². The lowest BCUT2D eigenvalue weighted by molar-refractivity contribution is 0.347. The van der Waals surface area contributed by atoms with Crippen LogP contribution in [0.1, 0.15) is 16.0 Å². The van der Waals surface area contributed by atoms with Gasteiger partial charge in [0.15, 0.2) is 6.35 Å². The fourth-order valence-electron chi connectivity index (χ4n) is 3.25. The molecule has 0 aliphatic rings. The molecule has 3 rings (SSSR count). The van der Waals surface area contributed by atoms with Gasteiger partial charge in [0, 0.05) is 4.90 Å². The van der Waals surface area contributed by atoms with Crippen LogP contribution < -0.4 is 10.5 Å². The second-order valence-corrected chi connectivity index (χ2v) is 11.3. The molecule has 2 aromatic carbocycles. The molecule has 164 valence electrons. The molecule has 10 heteroatoms. The summed E-state index contributed by atoms with van der Waals surface area (Å²) >= 11 is 2.87. The Morgan fingerprint density at radius 3 is 2.48 bits per heavy atom. The normalized spacial score (nSPS) is 12.2. The van der Waals surface area contributed by atoms with Crippen LogP contribution in [-0.4, -0.2) is 32.4 Å². The second kappa shape index (κ2) is 10.3. The first-order valence-electron chi connectivity index (χ1n) is 9.15. The first-order chi connectivity index (χ1) is 14.7. The quantitative estimate of drug-likeness (QED) is 0.154. The summed E-state index contributed by atoms with van der Waals surface area (Å²) in [6, 6.07) is 13.1. The number of benzene rings is 2. The Balaban J connectivity index is 1.97. The van der Waals surface area contributed by atoms with Crippen molar-refractivity contribution in [2.24, 2.45) is 5.73 Å². The lowest BCUT2D eigenvalue weighted by Gasteiger charge is -2.15. The molecule has 31 heavy (non-hydrogen) atoms. The van der Waals surface area contributed by atoms with Crippen molar-refractivity contribution < 1.29 is 18.7 Å². The first kappa shape index (κ1) is 23.9. The Kier molecular flexibility index (Phi) is 7.91. The molecule has 0 amide bonds. The zero-order valence-electron chi connectivity index (χ0n) is 17.2. The van der Waals surface area contributed by atoms with Gasteiger partial charge in [0.05, 0.1) is 24.8 Å². The zero-order valence-corrected chi connectivity index (χ0v) is 20.6. The minimum absolute atomic E-state index is 0.0270. The number of hydrogen-bond donors (Lipinski definition) is 4. The smallest absolute Gasteiger partial charge is 0.205 e. The van der Waals surface area contributed by atoms with Gasteiger partial charge in [0.1, 0.15) is 11.6 Å². The number of thiophene rings is 1. The number of aryl methyl sites for hydroxylation is 2. The highest BCUT2D eigenvalue weighted by molar-refractivity contribution is 8.01. The highest BCUT2D eigenvalue weighted by atomic mass is 32.2. The average Bonchev–Trinajstić information content (AvgIpc) is 3.16. The number of amidine groups is 1. The number of ether oxygens (including phenoxy) is 1. The predicted molar refractivity (Wildman–Crippen MR) is 130 cm³/mol. The van der Waals surface area contributed by atoms with Crippen LogP contribution in [0.4, 0.5) is 0 Å². The molecule has 3 aromatic rings. The maximum atomic E-state index is 13.3. The van der Waals surface area contributed by atoms with Crippen molar-refractivity contribution >= 4 is 48.1 Å². The summed E-state index contributed by atoms with van der Waals surface area (Å²) in [7, 11) is -3.52. The Morgan fingerprint density at radius 1 is 1.23 bits per heavy atom. The van der Waals surface area contributed by atoms with Gasteiger partial charge in [-0.05, 0) is 72.7 Å². The monoisotopic (exact) mass is 494 g/mol. The Labute approximate surface area is 193 Å². The number of hydrogen-bond acceptors (Lipinski definition) is 7. The zero-order chi connectivity index (χ0) is 22.7. The third-order valence-electron chi connectivity index (χ3n) is 4.51. The van der Waals surface area contributed by atoms with E-state index >= 15 is 0 Å². The van der Waals surface area contributed by atoms with Gasteiger partial charge in [0.2, 0.25) is 8.38 Å². The SMILES string of the molecule is CSc1sc(C(=N)N)cc1S(=O)c1cccc(-c2c(C)cc(OCP(O)O)cc2C)c1. The van der Waals surface area contributed by atoms with E-state index in [1.54, 1.807) is 6.07 Å². The molecule has 5 N–H and O–H groups in total. The lowest BCUT2D eigenvalue weighted by Crippen LogP contribution is -2.08. The molecule has 0 fully saturated rings. The third kappa shape index (κ3) is 5.55. The van der Waals surface area contributed by atoms with Gasteiger partial charge in [0.25, 0.3) is 0 Å². The number of nitrogen functional groups attached to an aromatic ring is 1. The van der Waals surface area contributed by atoms with Crippen molar-refractivity contribution in [2.75, 3.05) is 12.6 Å². The fraction of sp³-hybridized carbons (Fsp3) is 0.190. The van der Waals surface area contributed by atoms with Gasteiger partial charge in [-0.3, -0.25) is 5.41 Å². The average molecular weight is 495 g/mol. The molecule has 0 saturated heterocycles. The number of nitrogens with one attached hydrogen (secondary N) is 1. The van der Waals surface area contributed by atoms with Crippen molar-refractivity contribution in [2.45, 2.75) is 27.8 Å². The maximum absolute atomic E-state index is 13.3. The topological polar surface area (TPSA) is 117 Å². The van der Waals surface area contributed by atoms with Gasteiger partial charge in [-0.15, -0.1) is 23.1 Å². The minimum atomic E-state index is -2.11. The summed E-state index contributed by atoms with van der Waals surface area (Å²) in [6.45, 7) is 3.92. The van der Waals surface area contributed by atoms with Gasteiger partial charge in [-0.1, -0.05) is 12.1 Å². The molecule has 6 nitrogen and oxygen atoms in total. The second-order valence-electron chi connectivity index (χ2n) is 6.75. The molecule has 0 aliphatic heterocycles. The maximum Gasteiger partial charge on any atom is 0.205 e. The largest absolute Gasteiger partial charge is 0.484 e. The highest BCUT2D eigenvalue weighted by Gasteiger charge is 2.18. The summed E-state index contributed by atoms with van der Waals surface area (Å²) in [5.74, 6) is 0.551. The van der Waals surface area contributed by atoms with Gasteiger partial charge in [-0.2, -0.15) is 0 Å². The molecule has 0 spiro atoms. The van der Waals surface area contributed by atoms with Gasteiger partial charge >= 0.3 is 0 Å². The lowest BCUT2D eigenvalue weighted by atomic mass is 9.95. The first-order valence-corrected chi connectivity index (χ1v) is 13.8. The van der Waals surface area contributed by atoms with Crippen molar-refractivity contribution in [1.82, 2.24) is 0 Å². The molecule has 1 unspecified atom stereocenters. The molecule has 0 aliphatic carbocycles. The summed E-state index contributed by atoms with van der Waals surface area (Å²) in [6.07, 6.45) is 1.78. The summed E-state index contributed by atoms with van der Waals surface area (Å²) in [5, 5.41) is 7.67. The number of thioether (sulfide) groups is 1. The number of rotatable bonds is 8. The van der Waals surface area contributed by atoms with Crippen LogP contribution in [-0.2, 0) is 10.8 Å². The molecule has 1 atom stereocenters. The van der Waals surface area contributed by atoms with E-state index in [0.717, 1.165) is 26.5 Å². The van der Waals surface area contributed by atoms with E-state index in [1.807, 2.05) is 56.5 Å². The van der Waals surface area contributed by atoms with E-state index < -0.39 is 19.2 Å². The Bertz CT molecular complexity index is 1120. The highest BCUT2D eigenvalue weighted by Crippen LogP contribution is 2.37. The Hall–Kier alpha value is -1.74. The summed E-state index contributed by atoms with van der Waals surface area (Å²) < 4.78 is 19.7. The third-order valence-corrected chi connectivity index (χ3v) is 8.83. The fourth-order valence-corrected chi connectivity index (χ4v) is 6.99. The van der Waals surface area contributed by atoms with Crippen LogP contribution in [0.25, 0.3) is 11.1 Å². The number of nitrogens with two attached hydrogens (primary N) is 1. The van der Waals surface area contributed by atoms with Gasteiger partial charge < -0.3 is 20.3 Å². The van der Waals surface area contributed by atoms with Gasteiger partial charge in [-0.25, -0.2) is 4.21 Å². The van der Waals surface area contributed by atoms with E-state index in [2.05, 4.69) is 0 Å². The van der Waals surface area contributed by atoms with Crippen LogP contribution in [0.5, 0.6) is 5.75 Å². The van der Waals surface area contributed by atoms with Crippen LogP contribution in [0.2, 0.25) is 0 Å². The van der Waals surface area contributed by atoms with Crippen molar-refractivity contribution in [1.29, 1.82) is 5.41 Å².